The van der Waals surface area contributed by atoms with E-state index in [0.717, 1.165) is 0 Å². The van der Waals surface area contributed by atoms with Crippen LogP contribution >= 0.6 is 0 Å². The Hall–Kier alpha value is -2.12. The topological polar surface area (TPSA) is 106 Å². The Morgan fingerprint density at radius 3 is 2.73 bits per heavy atom. The lowest BCUT2D eigenvalue weighted by molar-refractivity contribution is -0.143. The fourth-order valence-corrected chi connectivity index (χ4v) is 1.95. The van der Waals surface area contributed by atoms with Gasteiger partial charge in [-0.2, -0.15) is 5.10 Å². The first-order valence-corrected chi connectivity index (χ1v) is 7.11. The molecule has 1 aliphatic heterocycles. The molecule has 0 fully saturated rings. The van der Waals surface area contributed by atoms with E-state index in [0.29, 0.717) is 12.8 Å². The number of hydrazone groups is 1. The highest BCUT2D eigenvalue weighted by molar-refractivity contribution is 5.85. The molecule has 0 aromatic carbocycles. The van der Waals surface area contributed by atoms with E-state index in [1.807, 2.05) is 0 Å². The summed E-state index contributed by atoms with van der Waals surface area (Å²) in [5, 5.41) is 6.15. The maximum Gasteiger partial charge on any atom is 0.408 e. The summed E-state index contributed by atoms with van der Waals surface area (Å²) in [5.41, 5.74) is 1.71. The molecule has 124 valence electrons. The highest BCUT2D eigenvalue weighted by atomic mass is 16.6. The molecule has 0 saturated carbocycles. The van der Waals surface area contributed by atoms with Crippen LogP contribution in [0.4, 0.5) is 4.79 Å². The zero-order valence-corrected chi connectivity index (χ0v) is 13.3. The molecule has 0 radical (unpaired) electrons. The molecular formula is C14H23N3O5. The van der Waals surface area contributed by atoms with Gasteiger partial charge in [0.25, 0.3) is 0 Å². The van der Waals surface area contributed by atoms with Crippen LogP contribution in [0.15, 0.2) is 5.10 Å². The van der Waals surface area contributed by atoms with Crippen molar-refractivity contribution in [2.45, 2.75) is 51.7 Å². The van der Waals surface area contributed by atoms with Crippen LogP contribution in [-0.4, -0.2) is 42.9 Å². The number of alkyl carbamates (subject to hydrolysis) is 1. The molecule has 0 bridgehead atoms. The van der Waals surface area contributed by atoms with E-state index in [-0.39, 0.29) is 18.2 Å². The van der Waals surface area contributed by atoms with Crippen molar-refractivity contribution in [1.82, 2.24) is 10.7 Å². The molecule has 8 heteroatoms. The first kappa shape index (κ1) is 17.9. The number of carbonyl (C=O) groups excluding carboxylic acids is 3. The second-order valence-corrected chi connectivity index (χ2v) is 6.02. The summed E-state index contributed by atoms with van der Waals surface area (Å²) >= 11 is 0. The Kier molecular flexibility index (Phi) is 6.33. The summed E-state index contributed by atoms with van der Waals surface area (Å²) in [6.45, 7) is 5.18. The molecular weight excluding hydrogens is 290 g/mol. The predicted octanol–water partition coefficient (Wildman–Crippen LogP) is 0.955. The number of nitrogens with zero attached hydrogens (tertiary/aromatic N) is 1. The van der Waals surface area contributed by atoms with Gasteiger partial charge in [-0.3, -0.25) is 4.79 Å². The molecule has 0 unspecified atom stereocenters. The molecule has 1 aliphatic rings. The number of esters is 1. The van der Waals surface area contributed by atoms with Gasteiger partial charge in [-0.05, 0) is 40.0 Å². The van der Waals surface area contributed by atoms with E-state index in [1.165, 1.54) is 7.11 Å². The van der Waals surface area contributed by atoms with Gasteiger partial charge in [-0.15, -0.1) is 0 Å². The normalized spacial score (nSPS) is 19.1. The number of hydrogen-bond acceptors (Lipinski definition) is 6. The lowest BCUT2D eigenvalue weighted by Gasteiger charge is -2.23. The molecule has 0 aliphatic carbocycles. The summed E-state index contributed by atoms with van der Waals surface area (Å²) in [4.78, 5) is 35.1. The van der Waals surface area contributed by atoms with Crippen molar-refractivity contribution in [2.24, 2.45) is 11.0 Å². The summed E-state index contributed by atoms with van der Waals surface area (Å²) in [6.07, 6.45) is 2.12. The van der Waals surface area contributed by atoms with Crippen LogP contribution in [0, 0.1) is 5.92 Å². The van der Waals surface area contributed by atoms with Gasteiger partial charge in [0.2, 0.25) is 5.91 Å². The SMILES string of the molecule is COC(=O)[C@H](CC[C@@H]1CC=NNC1=O)NC(=O)OC(C)(C)C. The van der Waals surface area contributed by atoms with E-state index >= 15 is 0 Å². The van der Waals surface area contributed by atoms with Gasteiger partial charge in [0.1, 0.15) is 11.6 Å². The maximum atomic E-state index is 11.8. The lowest BCUT2D eigenvalue weighted by Crippen LogP contribution is -2.44. The van der Waals surface area contributed by atoms with Crippen LogP contribution in [0.3, 0.4) is 0 Å². The Balaban J connectivity index is 2.57. The minimum Gasteiger partial charge on any atom is -0.467 e. The molecule has 1 heterocycles. The van der Waals surface area contributed by atoms with E-state index < -0.39 is 23.7 Å². The number of nitrogens with one attached hydrogen (secondary N) is 2. The van der Waals surface area contributed by atoms with Crippen LogP contribution in [0.5, 0.6) is 0 Å². The van der Waals surface area contributed by atoms with Crippen molar-refractivity contribution < 1.29 is 23.9 Å². The fourth-order valence-electron chi connectivity index (χ4n) is 1.95. The highest BCUT2D eigenvalue weighted by Gasteiger charge is 2.28. The molecule has 2 N–H and O–H groups in total. The average Bonchev–Trinajstić information content (AvgIpc) is 2.42. The van der Waals surface area contributed by atoms with Crippen molar-refractivity contribution in [2.75, 3.05) is 7.11 Å². The van der Waals surface area contributed by atoms with Crippen molar-refractivity contribution >= 4 is 24.2 Å². The van der Waals surface area contributed by atoms with E-state index in [2.05, 4.69) is 20.6 Å². The quantitative estimate of drug-likeness (QED) is 0.735. The Labute approximate surface area is 129 Å². The monoisotopic (exact) mass is 313 g/mol. The molecule has 0 saturated heterocycles. The Morgan fingerprint density at radius 2 is 2.18 bits per heavy atom. The fraction of sp³-hybridized carbons (Fsp3) is 0.714. The second kappa shape index (κ2) is 7.77. The predicted molar refractivity (Wildman–Crippen MR) is 79.1 cm³/mol. The first-order valence-electron chi connectivity index (χ1n) is 7.11. The Bertz CT molecular complexity index is 456. The third kappa shape index (κ3) is 6.11. The Morgan fingerprint density at radius 1 is 1.50 bits per heavy atom. The van der Waals surface area contributed by atoms with Gasteiger partial charge in [-0.25, -0.2) is 15.0 Å². The molecule has 8 nitrogen and oxygen atoms in total. The number of amides is 2. The van der Waals surface area contributed by atoms with Gasteiger partial charge in [0.05, 0.1) is 7.11 Å². The zero-order chi connectivity index (χ0) is 16.8. The number of rotatable bonds is 5. The summed E-state index contributed by atoms with van der Waals surface area (Å²) < 4.78 is 9.79. The van der Waals surface area contributed by atoms with Gasteiger partial charge < -0.3 is 14.8 Å². The van der Waals surface area contributed by atoms with Gasteiger partial charge >= 0.3 is 12.1 Å². The summed E-state index contributed by atoms with van der Waals surface area (Å²) in [7, 11) is 1.24. The van der Waals surface area contributed by atoms with Crippen LogP contribution < -0.4 is 10.7 Å². The van der Waals surface area contributed by atoms with E-state index in [1.54, 1.807) is 27.0 Å². The number of ether oxygens (including phenoxy) is 2. The van der Waals surface area contributed by atoms with Crippen LogP contribution in [0.25, 0.3) is 0 Å². The first-order chi connectivity index (χ1) is 10.2. The molecule has 0 aromatic heterocycles. The lowest BCUT2D eigenvalue weighted by atomic mass is 9.96. The van der Waals surface area contributed by atoms with Gasteiger partial charge in [-0.1, -0.05) is 0 Å². The smallest absolute Gasteiger partial charge is 0.408 e. The molecule has 2 amide bonds. The van der Waals surface area contributed by atoms with Crippen molar-refractivity contribution in [3.05, 3.63) is 0 Å². The average molecular weight is 313 g/mol. The third-order valence-corrected chi connectivity index (χ3v) is 3.01. The largest absolute Gasteiger partial charge is 0.467 e. The standard InChI is InChI=1S/C14H23N3O5/c1-14(2,3)22-13(20)16-10(12(19)21-4)6-5-9-7-8-15-17-11(9)18/h8-10H,5-7H2,1-4H3,(H,16,20)(H,17,18)/t9-,10+/m1/s1. The molecule has 0 aromatic rings. The van der Waals surface area contributed by atoms with E-state index in [4.69, 9.17) is 4.74 Å². The summed E-state index contributed by atoms with van der Waals surface area (Å²) in [6, 6.07) is -0.855. The minimum absolute atomic E-state index is 0.191. The molecule has 1 rings (SSSR count). The number of carbonyl (C=O) groups is 3. The molecule has 2 atom stereocenters. The minimum atomic E-state index is -0.855. The second-order valence-electron chi connectivity index (χ2n) is 6.02. The number of methoxy groups -OCH3 is 1. The van der Waals surface area contributed by atoms with Crippen molar-refractivity contribution in [3.8, 4) is 0 Å². The van der Waals surface area contributed by atoms with E-state index in [9.17, 15) is 14.4 Å². The van der Waals surface area contributed by atoms with Crippen molar-refractivity contribution in [1.29, 1.82) is 0 Å². The highest BCUT2D eigenvalue weighted by Crippen LogP contribution is 2.15. The number of hydrogen-bond donors (Lipinski definition) is 2. The van der Waals surface area contributed by atoms with Gasteiger partial charge in [0, 0.05) is 12.1 Å². The van der Waals surface area contributed by atoms with Crippen molar-refractivity contribution in [3.63, 3.8) is 0 Å². The molecule has 22 heavy (non-hydrogen) atoms. The summed E-state index contributed by atoms with van der Waals surface area (Å²) in [5.74, 6) is -1.04. The zero-order valence-electron chi connectivity index (χ0n) is 13.3. The third-order valence-electron chi connectivity index (χ3n) is 3.01. The van der Waals surface area contributed by atoms with Gasteiger partial charge in [0.15, 0.2) is 0 Å². The molecule has 0 spiro atoms. The van der Waals surface area contributed by atoms with Crippen LogP contribution in [-0.2, 0) is 19.1 Å². The van der Waals surface area contributed by atoms with Crippen LogP contribution in [0.1, 0.15) is 40.0 Å². The van der Waals surface area contributed by atoms with Crippen LogP contribution in [0.2, 0.25) is 0 Å². The maximum absolute atomic E-state index is 11.8.